The topological polar surface area (TPSA) is 64.8 Å². The summed E-state index contributed by atoms with van der Waals surface area (Å²) in [5.41, 5.74) is 0.814. The molecule has 6 nitrogen and oxygen atoms in total. The van der Waals surface area contributed by atoms with Gasteiger partial charge >= 0.3 is 0 Å². The molecule has 0 N–H and O–H groups in total. The Morgan fingerprint density at radius 1 is 1.33 bits per heavy atom. The molecule has 2 aliphatic heterocycles. The lowest BCUT2D eigenvalue weighted by Crippen LogP contribution is -2.42. The maximum atomic E-state index is 12.5. The minimum Gasteiger partial charge on any atom is -0.377 e. The molecular weight excluding hydrogens is 308 g/mol. The number of amides is 1. The van der Waals surface area contributed by atoms with E-state index in [4.69, 9.17) is 14.0 Å². The molecule has 2 fully saturated rings. The molecule has 1 amide bonds. The highest BCUT2D eigenvalue weighted by atomic mass is 16.6. The lowest BCUT2D eigenvalue weighted by molar-refractivity contribution is -0.0755. The maximum Gasteiger partial charge on any atom is 0.292 e. The van der Waals surface area contributed by atoms with Crippen LogP contribution in [0.15, 0.2) is 47.1 Å². The van der Waals surface area contributed by atoms with Gasteiger partial charge in [-0.25, -0.2) is 0 Å². The number of aromatic nitrogens is 1. The van der Waals surface area contributed by atoms with Crippen molar-refractivity contribution in [2.75, 3.05) is 26.8 Å². The maximum absolute atomic E-state index is 12.5. The van der Waals surface area contributed by atoms with Crippen molar-refractivity contribution in [3.05, 3.63) is 53.9 Å². The van der Waals surface area contributed by atoms with E-state index in [1.54, 1.807) is 18.1 Å². The molecule has 2 aromatic rings. The number of benzene rings is 1. The van der Waals surface area contributed by atoms with Crippen LogP contribution in [0.1, 0.15) is 28.5 Å². The predicted octanol–water partition coefficient (Wildman–Crippen LogP) is 2.09. The molecule has 4 rings (SSSR count). The zero-order chi connectivity index (χ0) is 16.6. The Morgan fingerprint density at radius 2 is 2.17 bits per heavy atom. The van der Waals surface area contributed by atoms with Gasteiger partial charge in [-0.05, 0) is 12.0 Å². The first kappa shape index (κ1) is 15.4. The molecule has 126 valence electrons. The van der Waals surface area contributed by atoms with Crippen LogP contribution in [0.5, 0.6) is 0 Å². The molecule has 2 saturated heterocycles. The number of carbonyl (C=O) groups excluding carboxylic acids is 1. The Balaban J connectivity index is 1.53. The molecular formula is C18H20N2O4. The van der Waals surface area contributed by atoms with E-state index >= 15 is 0 Å². The average Bonchev–Trinajstić information content (AvgIpc) is 3.36. The number of carbonyl (C=O) groups is 1. The highest BCUT2D eigenvalue weighted by Crippen LogP contribution is 2.43. The molecule has 0 aliphatic carbocycles. The lowest BCUT2D eigenvalue weighted by atomic mass is 9.87. The monoisotopic (exact) mass is 328 g/mol. The summed E-state index contributed by atoms with van der Waals surface area (Å²) in [6.45, 7) is 1.65. The van der Waals surface area contributed by atoms with Crippen molar-refractivity contribution in [2.45, 2.75) is 24.0 Å². The number of likely N-dealkylation sites (tertiary alicyclic amines) is 1. The van der Waals surface area contributed by atoms with Gasteiger partial charge in [0.15, 0.2) is 0 Å². The van der Waals surface area contributed by atoms with E-state index in [1.165, 1.54) is 11.8 Å². The Kier molecular flexibility index (Phi) is 3.86. The highest BCUT2D eigenvalue weighted by molar-refractivity contribution is 5.91. The summed E-state index contributed by atoms with van der Waals surface area (Å²) >= 11 is 0. The number of methoxy groups -OCH3 is 1. The number of rotatable bonds is 3. The fourth-order valence-electron chi connectivity index (χ4n) is 3.86. The molecule has 24 heavy (non-hydrogen) atoms. The van der Waals surface area contributed by atoms with Gasteiger partial charge in [0.25, 0.3) is 5.91 Å². The normalized spacial score (nSPS) is 29.5. The Morgan fingerprint density at radius 3 is 2.88 bits per heavy atom. The molecule has 0 saturated carbocycles. The van der Waals surface area contributed by atoms with Gasteiger partial charge in [0.1, 0.15) is 11.7 Å². The van der Waals surface area contributed by atoms with Crippen molar-refractivity contribution >= 4 is 5.91 Å². The third-order valence-electron chi connectivity index (χ3n) is 5.09. The number of hydrogen-bond acceptors (Lipinski definition) is 5. The second-order valence-corrected chi connectivity index (χ2v) is 6.47. The number of nitrogens with zero attached hydrogens (tertiary/aromatic N) is 2. The minimum atomic E-state index is -0.453. The molecule has 3 heterocycles. The van der Waals surface area contributed by atoms with Gasteiger partial charge in [0, 0.05) is 19.1 Å². The number of ether oxygens (including phenoxy) is 2. The van der Waals surface area contributed by atoms with Gasteiger partial charge in [0.05, 0.1) is 25.9 Å². The van der Waals surface area contributed by atoms with Crippen LogP contribution in [-0.4, -0.2) is 54.5 Å². The van der Waals surface area contributed by atoms with Crippen LogP contribution in [0.25, 0.3) is 0 Å². The molecule has 1 aromatic heterocycles. The second kappa shape index (κ2) is 6.03. The molecule has 0 bridgehead atoms. The van der Waals surface area contributed by atoms with Crippen LogP contribution < -0.4 is 0 Å². The first-order valence-electron chi connectivity index (χ1n) is 8.13. The lowest BCUT2D eigenvalue weighted by Gasteiger charge is -2.28. The van der Waals surface area contributed by atoms with Gasteiger partial charge in [-0.1, -0.05) is 35.5 Å². The summed E-state index contributed by atoms with van der Waals surface area (Å²) in [6, 6.07) is 11.9. The third kappa shape index (κ3) is 2.52. The molecule has 1 spiro atoms. The zero-order valence-electron chi connectivity index (χ0n) is 13.6. The van der Waals surface area contributed by atoms with Crippen molar-refractivity contribution in [2.24, 2.45) is 0 Å². The molecule has 0 radical (unpaired) electrons. The summed E-state index contributed by atoms with van der Waals surface area (Å²) in [7, 11) is 1.67. The van der Waals surface area contributed by atoms with Crippen LogP contribution in [0.4, 0.5) is 0 Å². The van der Waals surface area contributed by atoms with Crippen LogP contribution in [-0.2, 0) is 9.47 Å². The summed E-state index contributed by atoms with van der Waals surface area (Å²) in [5.74, 6) is 0.405. The van der Waals surface area contributed by atoms with Crippen molar-refractivity contribution in [3.63, 3.8) is 0 Å². The van der Waals surface area contributed by atoms with Gasteiger partial charge in [-0.2, -0.15) is 0 Å². The van der Waals surface area contributed by atoms with Crippen LogP contribution >= 0.6 is 0 Å². The van der Waals surface area contributed by atoms with Gasteiger partial charge < -0.3 is 18.9 Å². The largest absolute Gasteiger partial charge is 0.377 e. The highest BCUT2D eigenvalue weighted by Gasteiger charge is 2.54. The summed E-state index contributed by atoms with van der Waals surface area (Å²) < 4.78 is 16.9. The smallest absolute Gasteiger partial charge is 0.292 e. The van der Waals surface area contributed by atoms with E-state index in [9.17, 15) is 4.79 Å². The van der Waals surface area contributed by atoms with Crippen LogP contribution in [0, 0.1) is 0 Å². The van der Waals surface area contributed by atoms with E-state index in [1.807, 2.05) is 18.2 Å². The van der Waals surface area contributed by atoms with E-state index in [-0.39, 0.29) is 17.8 Å². The molecule has 3 atom stereocenters. The minimum absolute atomic E-state index is 0.141. The zero-order valence-corrected chi connectivity index (χ0v) is 13.6. The molecule has 2 aliphatic rings. The average molecular weight is 328 g/mol. The standard InChI is InChI=1S/C18H20N2O4/c1-22-16-10-20(17(21)15-7-8-19-24-15)12-18(16)9-14(11-23-18)13-5-3-2-4-6-13/h2-8,14,16H,9-12H2,1H3/t14-,16-,18-/m1/s1. The van der Waals surface area contributed by atoms with Gasteiger partial charge in [-0.3, -0.25) is 4.79 Å². The van der Waals surface area contributed by atoms with Crippen LogP contribution in [0.3, 0.4) is 0 Å². The van der Waals surface area contributed by atoms with Crippen molar-refractivity contribution < 1.29 is 18.8 Å². The first-order valence-corrected chi connectivity index (χ1v) is 8.13. The quantitative estimate of drug-likeness (QED) is 0.863. The molecule has 0 unspecified atom stereocenters. The van der Waals surface area contributed by atoms with Gasteiger partial charge in [0.2, 0.25) is 5.76 Å². The van der Waals surface area contributed by atoms with E-state index in [2.05, 4.69) is 17.3 Å². The Bertz CT molecular complexity index is 703. The van der Waals surface area contributed by atoms with Gasteiger partial charge in [-0.15, -0.1) is 0 Å². The SMILES string of the molecule is CO[C@@H]1CN(C(=O)c2ccno2)C[C@]12C[C@@H](c1ccccc1)CO2. The molecule has 6 heteroatoms. The van der Waals surface area contributed by atoms with Crippen molar-refractivity contribution in [1.29, 1.82) is 0 Å². The van der Waals surface area contributed by atoms with E-state index in [0.717, 1.165) is 6.42 Å². The summed E-state index contributed by atoms with van der Waals surface area (Å²) in [5, 5.41) is 3.61. The second-order valence-electron chi connectivity index (χ2n) is 6.47. The fourth-order valence-corrected chi connectivity index (χ4v) is 3.86. The Hall–Kier alpha value is -2.18. The Labute approximate surface area is 140 Å². The van der Waals surface area contributed by atoms with E-state index < -0.39 is 5.60 Å². The molecule has 1 aromatic carbocycles. The summed E-state index contributed by atoms with van der Waals surface area (Å²) in [4.78, 5) is 14.3. The summed E-state index contributed by atoms with van der Waals surface area (Å²) in [6.07, 6.45) is 2.18. The predicted molar refractivity (Wildman–Crippen MR) is 85.7 cm³/mol. The first-order chi connectivity index (χ1) is 11.7. The fraction of sp³-hybridized carbons (Fsp3) is 0.444. The van der Waals surface area contributed by atoms with Crippen LogP contribution in [0.2, 0.25) is 0 Å². The third-order valence-corrected chi connectivity index (χ3v) is 5.09. The van der Waals surface area contributed by atoms with E-state index in [0.29, 0.717) is 25.6 Å². The number of hydrogen-bond donors (Lipinski definition) is 0. The van der Waals surface area contributed by atoms with Crippen molar-refractivity contribution in [3.8, 4) is 0 Å². The van der Waals surface area contributed by atoms with Crippen molar-refractivity contribution in [1.82, 2.24) is 10.1 Å².